The molecule has 0 heterocycles. The normalized spacial score (nSPS) is 15.7. The molecule has 1 saturated carbocycles. The van der Waals surface area contributed by atoms with Crippen molar-refractivity contribution < 1.29 is 9.53 Å². The van der Waals surface area contributed by atoms with Crippen LogP contribution in [0.1, 0.15) is 71.9 Å². The zero-order valence-electron chi connectivity index (χ0n) is 21.9. The molecule has 2 aromatic rings. The lowest BCUT2D eigenvalue weighted by Gasteiger charge is -2.38. The largest absolute Gasteiger partial charge is 0.460 e. The molecule has 1 atom stereocenters. The van der Waals surface area contributed by atoms with Gasteiger partial charge in [-0.3, -0.25) is 4.79 Å². The van der Waals surface area contributed by atoms with Crippen LogP contribution < -0.4 is 0 Å². The lowest BCUT2D eigenvalue weighted by molar-refractivity contribution is -0.154. The van der Waals surface area contributed by atoms with Gasteiger partial charge in [0.15, 0.2) is 0 Å². The molecule has 0 aromatic heterocycles. The molecule has 182 valence electrons. The third-order valence-corrected chi connectivity index (χ3v) is 14.0. The van der Waals surface area contributed by atoms with Crippen LogP contribution in [0.3, 0.4) is 0 Å². The lowest BCUT2D eigenvalue weighted by Crippen LogP contribution is -2.44. The van der Waals surface area contributed by atoms with E-state index in [4.69, 9.17) is 4.74 Å². The van der Waals surface area contributed by atoms with E-state index in [2.05, 4.69) is 77.3 Å². The van der Waals surface area contributed by atoms with Crippen LogP contribution in [0.5, 0.6) is 0 Å². The highest BCUT2D eigenvalue weighted by molar-refractivity contribution is 6.90. The second kappa shape index (κ2) is 11.4. The maximum atomic E-state index is 13.9. The van der Waals surface area contributed by atoms with Crippen molar-refractivity contribution >= 4 is 14.0 Å². The molecule has 0 radical (unpaired) electrons. The Morgan fingerprint density at radius 1 is 0.882 bits per heavy atom. The number of carbonyl (C=O) groups excluding carboxylic acids is 1. The van der Waals surface area contributed by atoms with Crippen molar-refractivity contribution in [2.24, 2.45) is 11.3 Å². The third-order valence-electron chi connectivity index (χ3n) is 7.67. The Morgan fingerprint density at radius 2 is 1.38 bits per heavy atom. The summed E-state index contributed by atoms with van der Waals surface area (Å²) < 4.78 is 6.02. The summed E-state index contributed by atoms with van der Waals surface area (Å²) in [4.78, 5) is 13.9. The smallest absolute Gasteiger partial charge is 0.324 e. The van der Waals surface area contributed by atoms with Crippen LogP contribution in [0.4, 0.5) is 0 Å². The molecule has 0 amide bonds. The van der Waals surface area contributed by atoms with Gasteiger partial charge in [-0.25, -0.2) is 0 Å². The Balaban J connectivity index is 2.05. The molecule has 3 rings (SSSR count). The van der Waals surface area contributed by atoms with Crippen molar-refractivity contribution in [1.82, 2.24) is 0 Å². The van der Waals surface area contributed by atoms with Crippen LogP contribution in [0.15, 0.2) is 60.7 Å². The summed E-state index contributed by atoms with van der Waals surface area (Å²) in [7, 11) is -1.99. The fourth-order valence-electron chi connectivity index (χ4n) is 5.66. The van der Waals surface area contributed by atoms with Crippen LogP contribution in [-0.4, -0.2) is 14.0 Å². The summed E-state index contributed by atoms with van der Waals surface area (Å²) in [5.41, 5.74) is 6.83. The lowest BCUT2D eigenvalue weighted by atomic mass is 9.78. The number of carbonyl (C=O) groups is 1. The van der Waals surface area contributed by atoms with Gasteiger partial charge in [-0.1, -0.05) is 121 Å². The number of hydrogen-bond acceptors (Lipinski definition) is 2. The summed E-state index contributed by atoms with van der Waals surface area (Å²) in [5.74, 6) is 4.12. The molecule has 34 heavy (non-hydrogen) atoms. The quantitative estimate of drug-likeness (QED) is 0.198. The molecule has 0 aliphatic heterocycles. The van der Waals surface area contributed by atoms with Gasteiger partial charge in [-0.2, -0.15) is 0 Å². The molecule has 0 bridgehead atoms. The molecule has 0 saturated heterocycles. The average molecular weight is 475 g/mol. The van der Waals surface area contributed by atoms with Crippen molar-refractivity contribution in [2.45, 2.75) is 90.5 Å². The Hall–Kier alpha value is -2.31. The van der Waals surface area contributed by atoms with Gasteiger partial charge in [-0.15, -0.1) is 5.54 Å². The van der Waals surface area contributed by atoms with Crippen LogP contribution >= 0.6 is 0 Å². The van der Waals surface area contributed by atoms with E-state index >= 15 is 0 Å². The minimum Gasteiger partial charge on any atom is -0.460 e. The molecule has 1 unspecified atom stereocenters. The topological polar surface area (TPSA) is 26.3 Å². The van der Waals surface area contributed by atoms with Gasteiger partial charge in [0.1, 0.15) is 20.1 Å². The van der Waals surface area contributed by atoms with E-state index < -0.39 is 13.5 Å². The van der Waals surface area contributed by atoms with E-state index in [0.29, 0.717) is 35.6 Å². The van der Waals surface area contributed by atoms with Crippen LogP contribution in [0, 0.1) is 22.8 Å². The highest BCUT2D eigenvalue weighted by Gasteiger charge is 2.46. The number of esters is 1. The highest BCUT2D eigenvalue weighted by Crippen LogP contribution is 2.45. The van der Waals surface area contributed by atoms with Crippen molar-refractivity contribution in [3.05, 3.63) is 71.8 Å². The Morgan fingerprint density at radius 3 is 1.85 bits per heavy atom. The molecule has 1 aliphatic rings. The van der Waals surface area contributed by atoms with Crippen LogP contribution in [0.2, 0.25) is 16.6 Å². The van der Waals surface area contributed by atoms with Crippen LogP contribution in [-0.2, 0) is 22.6 Å². The SMILES string of the molecule is CC(C)[Si](C#CC(Cc1ccccc1)(CC1CC1)C(=O)OCc1ccccc1)(C(C)C)C(C)C. The second-order valence-corrected chi connectivity index (χ2v) is 16.7. The number of rotatable bonds is 10. The highest BCUT2D eigenvalue weighted by atomic mass is 28.3. The van der Waals surface area contributed by atoms with Crippen LogP contribution in [0.25, 0.3) is 0 Å². The molecular formula is C31H42O2Si. The van der Waals surface area contributed by atoms with Crippen molar-refractivity contribution in [2.75, 3.05) is 0 Å². The molecular weight excluding hydrogens is 432 g/mol. The molecule has 0 spiro atoms. The number of benzene rings is 2. The minimum absolute atomic E-state index is 0.154. The number of ether oxygens (including phenoxy) is 1. The average Bonchev–Trinajstić information content (AvgIpc) is 3.62. The van der Waals surface area contributed by atoms with E-state index in [1.807, 2.05) is 36.4 Å². The van der Waals surface area contributed by atoms with Gasteiger partial charge in [0, 0.05) is 0 Å². The number of hydrogen-bond donors (Lipinski definition) is 0. The van der Waals surface area contributed by atoms with E-state index in [0.717, 1.165) is 17.5 Å². The Labute approximate surface area is 208 Å². The van der Waals surface area contributed by atoms with Gasteiger partial charge >= 0.3 is 5.97 Å². The summed E-state index contributed by atoms with van der Waals surface area (Å²) >= 11 is 0. The predicted octanol–water partition coefficient (Wildman–Crippen LogP) is 7.98. The second-order valence-electron chi connectivity index (χ2n) is 11.1. The fraction of sp³-hybridized carbons (Fsp3) is 0.516. The van der Waals surface area contributed by atoms with Gasteiger partial charge in [0.25, 0.3) is 0 Å². The zero-order chi connectivity index (χ0) is 24.8. The van der Waals surface area contributed by atoms with E-state index in [1.54, 1.807) is 0 Å². The summed E-state index contributed by atoms with van der Waals surface area (Å²) in [6, 6.07) is 20.3. The fourth-order valence-corrected chi connectivity index (χ4v) is 11.0. The molecule has 2 nitrogen and oxygen atoms in total. The van der Waals surface area contributed by atoms with Gasteiger partial charge in [0.2, 0.25) is 0 Å². The third kappa shape index (κ3) is 6.22. The Kier molecular flexibility index (Phi) is 8.82. The summed E-state index contributed by atoms with van der Waals surface area (Å²) in [6.45, 7) is 14.3. The first-order valence-electron chi connectivity index (χ1n) is 13.0. The van der Waals surface area contributed by atoms with Gasteiger partial charge < -0.3 is 4.74 Å². The minimum atomic E-state index is -1.99. The first-order valence-corrected chi connectivity index (χ1v) is 15.2. The molecule has 1 aliphatic carbocycles. The molecule has 0 N–H and O–H groups in total. The first-order chi connectivity index (χ1) is 16.2. The summed E-state index contributed by atoms with van der Waals surface area (Å²) in [6.07, 6.45) is 3.78. The standard InChI is InChI=1S/C31H42O2Si/c1-24(2)34(25(3)4,26(5)6)20-19-31(22-28-17-18-28,21-27-13-9-7-10-14-27)30(32)33-23-29-15-11-8-12-16-29/h7-16,24-26,28H,17-18,21-23H2,1-6H3. The maximum absolute atomic E-state index is 13.9. The van der Waals surface area contributed by atoms with E-state index in [9.17, 15) is 4.79 Å². The predicted molar refractivity (Wildman–Crippen MR) is 145 cm³/mol. The molecule has 1 fully saturated rings. The summed E-state index contributed by atoms with van der Waals surface area (Å²) in [5, 5.41) is 0. The monoisotopic (exact) mass is 474 g/mol. The van der Waals surface area contributed by atoms with Crippen molar-refractivity contribution in [3.63, 3.8) is 0 Å². The maximum Gasteiger partial charge on any atom is 0.324 e. The Bertz CT molecular complexity index is 959. The van der Waals surface area contributed by atoms with Gasteiger partial charge in [0.05, 0.1) is 0 Å². The first kappa shape index (κ1) is 26.3. The van der Waals surface area contributed by atoms with E-state index in [-0.39, 0.29) is 5.97 Å². The molecule has 3 heteroatoms. The van der Waals surface area contributed by atoms with Crippen molar-refractivity contribution in [3.8, 4) is 11.5 Å². The zero-order valence-corrected chi connectivity index (χ0v) is 22.9. The van der Waals surface area contributed by atoms with E-state index in [1.165, 1.54) is 12.8 Å². The van der Waals surface area contributed by atoms with Crippen molar-refractivity contribution in [1.29, 1.82) is 0 Å². The molecule has 2 aromatic carbocycles. The van der Waals surface area contributed by atoms with Gasteiger partial charge in [-0.05, 0) is 46.5 Å².